The molecule has 0 amide bonds. The summed E-state index contributed by atoms with van der Waals surface area (Å²) in [6.07, 6.45) is 8.17. The van der Waals surface area contributed by atoms with Crippen LogP contribution in [0.3, 0.4) is 0 Å². The molecular weight excluding hydrogens is 312 g/mol. The van der Waals surface area contributed by atoms with Gasteiger partial charge in [-0.3, -0.25) is 14.2 Å². The van der Waals surface area contributed by atoms with Crippen molar-refractivity contribution in [2.24, 2.45) is 0 Å². The lowest BCUT2D eigenvalue weighted by molar-refractivity contribution is 0.804. The quantitative estimate of drug-likeness (QED) is 0.611. The van der Waals surface area contributed by atoms with E-state index < -0.39 is 0 Å². The Balaban J connectivity index is 1.56. The van der Waals surface area contributed by atoms with E-state index in [0.29, 0.717) is 11.5 Å². The van der Waals surface area contributed by atoms with Gasteiger partial charge in [0.15, 0.2) is 0 Å². The number of fused-ring (bicyclic) bond motifs is 1. The van der Waals surface area contributed by atoms with Crippen LogP contribution in [0.2, 0.25) is 0 Å². The number of aryl methyl sites for hydroxylation is 2. The average Bonchev–Trinajstić information content (AvgIpc) is 3.07. The van der Waals surface area contributed by atoms with Crippen LogP contribution in [0.4, 0.5) is 0 Å². The Labute approximate surface area is 145 Å². The molecule has 1 aromatic carbocycles. The Bertz CT molecular complexity index is 1040. The van der Waals surface area contributed by atoms with Crippen molar-refractivity contribution < 1.29 is 0 Å². The Morgan fingerprint density at radius 3 is 2.72 bits per heavy atom. The van der Waals surface area contributed by atoms with Crippen LogP contribution in [0.25, 0.3) is 17.0 Å². The molecule has 0 spiro atoms. The lowest BCUT2D eigenvalue weighted by atomic mass is 10.1. The van der Waals surface area contributed by atoms with Crippen molar-refractivity contribution in [3.05, 3.63) is 88.7 Å². The highest BCUT2D eigenvalue weighted by atomic mass is 16.1. The second kappa shape index (κ2) is 6.73. The van der Waals surface area contributed by atoms with Crippen molar-refractivity contribution in [3.63, 3.8) is 0 Å². The lowest BCUT2D eigenvalue weighted by Crippen LogP contribution is -2.12. The fraction of sp³-hybridized carbons (Fsp3) is 0.150. The van der Waals surface area contributed by atoms with Crippen molar-refractivity contribution in [2.75, 3.05) is 0 Å². The van der Waals surface area contributed by atoms with Gasteiger partial charge < -0.3 is 4.98 Å². The van der Waals surface area contributed by atoms with Crippen LogP contribution in [0.15, 0.2) is 71.9 Å². The number of pyridine rings is 1. The zero-order valence-corrected chi connectivity index (χ0v) is 13.7. The number of imidazole rings is 1. The second-order valence-electron chi connectivity index (χ2n) is 6.03. The van der Waals surface area contributed by atoms with E-state index in [1.807, 2.05) is 24.4 Å². The van der Waals surface area contributed by atoms with Gasteiger partial charge in [-0.15, -0.1) is 0 Å². The highest BCUT2D eigenvalue weighted by molar-refractivity contribution is 5.59. The molecule has 0 saturated heterocycles. The summed E-state index contributed by atoms with van der Waals surface area (Å²) in [5, 5.41) is 0. The van der Waals surface area contributed by atoms with E-state index in [-0.39, 0.29) is 5.56 Å². The zero-order chi connectivity index (χ0) is 17.1. The van der Waals surface area contributed by atoms with Crippen molar-refractivity contribution in [2.45, 2.75) is 19.3 Å². The van der Waals surface area contributed by atoms with Gasteiger partial charge in [-0.25, -0.2) is 4.98 Å². The maximum Gasteiger partial charge on any atom is 0.259 e. The SMILES string of the molecule is O=c1cc(-c2cccnc2)nc2[nH]c(CCCc3ccccc3)cn12. The summed E-state index contributed by atoms with van der Waals surface area (Å²) in [4.78, 5) is 24.3. The average molecular weight is 330 g/mol. The molecule has 5 heteroatoms. The molecule has 4 rings (SSSR count). The van der Waals surface area contributed by atoms with Gasteiger partial charge in [-0.05, 0) is 37.0 Å². The Kier molecular flexibility index (Phi) is 4.12. The van der Waals surface area contributed by atoms with Gasteiger partial charge in [0.25, 0.3) is 5.56 Å². The molecule has 4 aromatic rings. The number of H-pyrrole nitrogens is 1. The number of rotatable bonds is 5. The second-order valence-corrected chi connectivity index (χ2v) is 6.03. The minimum absolute atomic E-state index is 0.0885. The number of hydrogen-bond acceptors (Lipinski definition) is 3. The lowest BCUT2D eigenvalue weighted by Gasteiger charge is -1.99. The van der Waals surface area contributed by atoms with Crippen LogP contribution in [0, 0.1) is 0 Å². The summed E-state index contributed by atoms with van der Waals surface area (Å²) in [5.74, 6) is 0.570. The van der Waals surface area contributed by atoms with E-state index in [4.69, 9.17) is 0 Å². The highest BCUT2D eigenvalue weighted by Gasteiger charge is 2.08. The Morgan fingerprint density at radius 1 is 1.04 bits per heavy atom. The monoisotopic (exact) mass is 330 g/mol. The fourth-order valence-corrected chi connectivity index (χ4v) is 2.95. The third kappa shape index (κ3) is 3.35. The van der Waals surface area contributed by atoms with Crippen molar-refractivity contribution >= 4 is 5.78 Å². The standard InChI is InChI=1S/C20H18N4O/c25-19-12-18(16-9-5-11-21-13-16)23-20-22-17(14-24(19)20)10-4-8-15-6-2-1-3-7-15/h1-3,5-7,9,11-14H,4,8,10H2,(H,22,23). The van der Waals surface area contributed by atoms with Gasteiger partial charge in [-0.1, -0.05) is 30.3 Å². The molecule has 0 fully saturated rings. The smallest absolute Gasteiger partial charge is 0.259 e. The maximum atomic E-state index is 12.4. The number of nitrogens with zero attached hydrogens (tertiary/aromatic N) is 3. The molecule has 3 heterocycles. The van der Waals surface area contributed by atoms with Crippen molar-refractivity contribution in [1.82, 2.24) is 19.4 Å². The number of aromatic nitrogens is 4. The molecule has 1 N–H and O–H groups in total. The predicted molar refractivity (Wildman–Crippen MR) is 97.5 cm³/mol. The number of benzene rings is 1. The topological polar surface area (TPSA) is 63.0 Å². The molecule has 0 atom stereocenters. The molecular formula is C20H18N4O. The molecule has 0 aliphatic carbocycles. The van der Waals surface area contributed by atoms with Crippen LogP contribution in [-0.4, -0.2) is 19.4 Å². The molecule has 0 aliphatic rings. The first-order valence-corrected chi connectivity index (χ1v) is 8.35. The van der Waals surface area contributed by atoms with Crippen LogP contribution in [0.1, 0.15) is 17.7 Å². The van der Waals surface area contributed by atoms with E-state index in [0.717, 1.165) is 30.5 Å². The van der Waals surface area contributed by atoms with Crippen LogP contribution >= 0.6 is 0 Å². The Hall–Kier alpha value is -3.21. The first-order chi connectivity index (χ1) is 12.3. The van der Waals surface area contributed by atoms with Crippen LogP contribution < -0.4 is 5.56 Å². The summed E-state index contributed by atoms with van der Waals surface area (Å²) in [6.45, 7) is 0. The fourth-order valence-electron chi connectivity index (χ4n) is 2.95. The summed E-state index contributed by atoms with van der Waals surface area (Å²) >= 11 is 0. The molecule has 0 unspecified atom stereocenters. The van der Waals surface area contributed by atoms with Crippen LogP contribution in [0.5, 0.6) is 0 Å². The molecule has 0 bridgehead atoms. The van der Waals surface area contributed by atoms with Gasteiger partial charge in [-0.2, -0.15) is 0 Å². The summed E-state index contributed by atoms with van der Waals surface area (Å²) in [6, 6.07) is 15.7. The Morgan fingerprint density at radius 2 is 1.92 bits per heavy atom. The van der Waals surface area contributed by atoms with Crippen molar-refractivity contribution in [3.8, 4) is 11.3 Å². The van der Waals surface area contributed by atoms with Crippen LogP contribution in [-0.2, 0) is 12.8 Å². The molecule has 25 heavy (non-hydrogen) atoms. The summed E-state index contributed by atoms with van der Waals surface area (Å²) in [5.41, 5.74) is 3.73. The maximum absolute atomic E-state index is 12.4. The highest BCUT2D eigenvalue weighted by Crippen LogP contribution is 2.15. The number of hydrogen-bond donors (Lipinski definition) is 1. The minimum Gasteiger partial charge on any atom is -0.327 e. The first kappa shape index (κ1) is 15.3. The van der Waals surface area contributed by atoms with E-state index in [1.54, 1.807) is 22.9 Å². The van der Waals surface area contributed by atoms with Gasteiger partial charge in [0.05, 0.1) is 5.69 Å². The molecule has 0 radical (unpaired) electrons. The minimum atomic E-state index is -0.0885. The van der Waals surface area contributed by atoms with E-state index >= 15 is 0 Å². The largest absolute Gasteiger partial charge is 0.327 e. The number of nitrogens with one attached hydrogen (secondary N) is 1. The predicted octanol–water partition coefficient (Wildman–Crippen LogP) is 3.26. The number of aromatic amines is 1. The first-order valence-electron chi connectivity index (χ1n) is 8.35. The van der Waals surface area contributed by atoms with Gasteiger partial charge in [0.2, 0.25) is 5.78 Å². The van der Waals surface area contributed by atoms with Gasteiger partial charge in [0.1, 0.15) is 0 Å². The van der Waals surface area contributed by atoms with E-state index in [9.17, 15) is 4.79 Å². The molecule has 0 aliphatic heterocycles. The third-order valence-electron chi connectivity index (χ3n) is 4.22. The normalized spacial score (nSPS) is 11.0. The van der Waals surface area contributed by atoms with E-state index in [1.165, 1.54) is 5.56 Å². The molecule has 3 aromatic heterocycles. The summed E-state index contributed by atoms with van der Waals surface area (Å²) < 4.78 is 1.57. The van der Waals surface area contributed by atoms with Gasteiger partial charge in [0, 0.05) is 35.9 Å². The summed E-state index contributed by atoms with van der Waals surface area (Å²) in [7, 11) is 0. The molecule has 124 valence electrons. The third-order valence-corrected chi connectivity index (χ3v) is 4.22. The van der Waals surface area contributed by atoms with Crippen molar-refractivity contribution in [1.29, 1.82) is 0 Å². The zero-order valence-electron chi connectivity index (χ0n) is 13.7. The van der Waals surface area contributed by atoms with E-state index in [2.05, 4.69) is 39.2 Å². The van der Waals surface area contributed by atoms with Gasteiger partial charge >= 0.3 is 0 Å². The molecule has 5 nitrogen and oxygen atoms in total. The molecule has 0 saturated carbocycles.